The maximum absolute atomic E-state index is 13.1. The molecule has 7 nitrogen and oxygen atoms in total. The summed E-state index contributed by atoms with van der Waals surface area (Å²) >= 11 is 0. The number of rotatable bonds is 13. The average molecular weight is 477 g/mol. The highest BCUT2D eigenvalue weighted by atomic mass is 32.2. The van der Waals surface area contributed by atoms with Gasteiger partial charge in [0, 0.05) is 6.61 Å². The molecule has 0 fully saturated rings. The lowest BCUT2D eigenvalue weighted by Crippen LogP contribution is -2.52. The highest BCUT2D eigenvalue weighted by molar-refractivity contribution is 7.89. The van der Waals surface area contributed by atoms with Crippen molar-refractivity contribution in [2.45, 2.75) is 64.4 Å². The lowest BCUT2D eigenvalue weighted by atomic mass is 9.99. The smallest absolute Gasteiger partial charge is 0.241 e. The van der Waals surface area contributed by atoms with Crippen LogP contribution in [0.5, 0.6) is 0 Å². The number of fused-ring (bicyclic) bond motifs is 1. The minimum Gasteiger partial charge on any atom is -0.374 e. The number of amides is 1. The van der Waals surface area contributed by atoms with Gasteiger partial charge in [-0.25, -0.2) is 8.42 Å². The monoisotopic (exact) mass is 476 g/mol. The van der Waals surface area contributed by atoms with E-state index in [1.54, 1.807) is 19.1 Å². The molecule has 0 aliphatic carbocycles. The van der Waals surface area contributed by atoms with E-state index in [2.05, 4.69) is 10.0 Å². The molecule has 2 aromatic rings. The second kappa shape index (κ2) is 12.3. The number of hydrogen-bond acceptors (Lipinski definition) is 5. The second-order valence-electron chi connectivity index (χ2n) is 9.11. The molecule has 0 aromatic heterocycles. The molecule has 2 atom stereocenters. The van der Waals surface area contributed by atoms with Crippen LogP contribution in [-0.4, -0.2) is 45.4 Å². The fourth-order valence-corrected chi connectivity index (χ4v) is 4.83. The summed E-state index contributed by atoms with van der Waals surface area (Å²) in [6.45, 7) is 9.85. The summed E-state index contributed by atoms with van der Waals surface area (Å²) in [5, 5.41) is 4.49. The molecule has 2 N–H and O–H groups in total. The van der Waals surface area contributed by atoms with Crippen molar-refractivity contribution in [2.75, 3.05) is 13.2 Å². The molecule has 1 amide bonds. The zero-order valence-corrected chi connectivity index (χ0v) is 20.9. The zero-order valence-electron chi connectivity index (χ0n) is 20.1. The maximum atomic E-state index is 13.1. The molecule has 0 heterocycles. The molecule has 0 aliphatic rings. The van der Waals surface area contributed by atoms with E-state index in [4.69, 9.17) is 4.74 Å². The molecule has 0 spiro atoms. The van der Waals surface area contributed by atoms with Crippen LogP contribution in [0.2, 0.25) is 0 Å². The minimum atomic E-state index is -3.96. The Morgan fingerprint density at radius 2 is 1.52 bits per heavy atom. The van der Waals surface area contributed by atoms with Gasteiger partial charge in [-0.15, -0.1) is 0 Å². The van der Waals surface area contributed by atoms with Crippen LogP contribution in [0, 0.1) is 11.8 Å². The Hall–Kier alpha value is -2.29. The number of hydrogen-bond donors (Lipinski definition) is 2. The van der Waals surface area contributed by atoms with E-state index >= 15 is 0 Å². The predicted molar refractivity (Wildman–Crippen MR) is 130 cm³/mol. The van der Waals surface area contributed by atoms with Gasteiger partial charge < -0.3 is 10.1 Å². The Bertz CT molecular complexity index is 1050. The van der Waals surface area contributed by atoms with Crippen molar-refractivity contribution >= 4 is 32.5 Å². The van der Waals surface area contributed by atoms with Crippen LogP contribution >= 0.6 is 0 Å². The Kier molecular flexibility index (Phi) is 10.0. The molecule has 33 heavy (non-hydrogen) atoms. The molecular weight excluding hydrogens is 440 g/mol. The third-order valence-corrected chi connectivity index (χ3v) is 6.68. The minimum absolute atomic E-state index is 0.0581. The number of Topliss-reactive ketones (excluding diaryl/α,β-unsaturated/α-hetero) is 1. The van der Waals surface area contributed by atoms with Gasteiger partial charge in [0.05, 0.1) is 10.9 Å². The lowest BCUT2D eigenvalue weighted by Gasteiger charge is -2.25. The molecule has 0 saturated heterocycles. The highest BCUT2D eigenvalue weighted by Gasteiger charge is 2.30. The highest BCUT2D eigenvalue weighted by Crippen LogP contribution is 2.20. The summed E-state index contributed by atoms with van der Waals surface area (Å²) in [4.78, 5) is 25.8. The molecule has 2 rings (SSSR count). The fraction of sp³-hybridized carbons (Fsp3) is 0.520. The number of carbonyl (C=O) groups is 2. The van der Waals surface area contributed by atoms with Crippen LogP contribution in [0.3, 0.4) is 0 Å². The van der Waals surface area contributed by atoms with E-state index in [9.17, 15) is 18.0 Å². The molecule has 182 valence electrons. The van der Waals surface area contributed by atoms with Crippen molar-refractivity contribution in [2.24, 2.45) is 11.8 Å². The summed E-state index contributed by atoms with van der Waals surface area (Å²) in [7, 11) is -3.96. The Balaban J connectivity index is 2.25. The molecular formula is C25H36N2O5S. The predicted octanol–water partition coefficient (Wildman–Crippen LogP) is 3.67. The van der Waals surface area contributed by atoms with Gasteiger partial charge in [0.2, 0.25) is 15.9 Å². The van der Waals surface area contributed by atoms with Crippen molar-refractivity contribution in [3.05, 3.63) is 42.5 Å². The van der Waals surface area contributed by atoms with Crippen molar-refractivity contribution < 1.29 is 22.7 Å². The van der Waals surface area contributed by atoms with Crippen LogP contribution < -0.4 is 10.0 Å². The first-order chi connectivity index (χ1) is 15.5. The number of ether oxygens (including phenoxy) is 1. The van der Waals surface area contributed by atoms with Gasteiger partial charge in [0.1, 0.15) is 12.6 Å². The van der Waals surface area contributed by atoms with Crippen LogP contribution in [0.1, 0.15) is 47.5 Å². The van der Waals surface area contributed by atoms with Crippen LogP contribution in [0.25, 0.3) is 10.8 Å². The molecule has 2 aromatic carbocycles. The summed E-state index contributed by atoms with van der Waals surface area (Å²) in [6, 6.07) is 10.6. The number of ketones is 1. The Labute approximate surface area is 197 Å². The van der Waals surface area contributed by atoms with Gasteiger partial charge in [0.15, 0.2) is 5.78 Å². The molecule has 0 radical (unpaired) electrons. The number of nitrogens with one attached hydrogen (secondary N) is 2. The second-order valence-corrected chi connectivity index (χ2v) is 10.8. The van der Waals surface area contributed by atoms with Gasteiger partial charge in [0.25, 0.3) is 0 Å². The number of benzene rings is 2. The lowest BCUT2D eigenvalue weighted by molar-refractivity contribution is -0.131. The van der Waals surface area contributed by atoms with Crippen LogP contribution in [-0.2, 0) is 24.3 Å². The average Bonchev–Trinajstić information content (AvgIpc) is 2.75. The third kappa shape index (κ3) is 8.21. The normalized spacial score (nSPS) is 13.9. The van der Waals surface area contributed by atoms with E-state index in [0.29, 0.717) is 19.4 Å². The molecule has 0 bridgehead atoms. The topological polar surface area (TPSA) is 102 Å². The summed E-state index contributed by atoms with van der Waals surface area (Å²) in [5.41, 5.74) is 0. The SMILES string of the molecule is CCOCC(=O)C(CC(C)C)NC(=O)[C@H](CC(C)C)NS(=O)(=O)c1ccc2ccccc2c1. The standard InChI is InChI=1S/C25H36N2O5S/c1-6-32-16-24(28)22(13-17(2)3)26-25(29)23(14-18(4)5)27-33(30,31)21-12-11-19-9-7-8-10-20(19)15-21/h7-12,15,17-18,22-23,27H,6,13-14,16H2,1-5H3,(H,26,29)/t22?,23-/m0/s1. The Morgan fingerprint density at radius 3 is 2.12 bits per heavy atom. The van der Waals surface area contributed by atoms with Crippen molar-refractivity contribution in [1.29, 1.82) is 0 Å². The van der Waals surface area contributed by atoms with E-state index < -0.39 is 28.0 Å². The van der Waals surface area contributed by atoms with Crippen molar-refractivity contribution in [3.63, 3.8) is 0 Å². The van der Waals surface area contributed by atoms with Crippen molar-refractivity contribution in [3.8, 4) is 0 Å². The van der Waals surface area contributed by atoms with Crippen LogP contribution in [0.15, 0.2) is 47.4 Å². The molecule has 0 aliphatic heterocycles. The first-order valence-corrected chi connectivity index (χ1v) is 12.9. The Morgan fingerprint density at radius 1 is 0.909 bits per heavy atom. The molecule has 1 unspecified atom stereocenters. The van der Waals surface area contributed by atoms with E-state index in [1.165, 1.54) is 6.07 Å². The zero-order chi connectivity index (χ0) is 24.6. The van der Waals surface area contributed by atoms with E-state index in [0.717, 1.165) is 10.8 Å². The largest absolute Gasteiger partial charge is 0.374 e. The number of carbonyl (C=O) groups excluding carboxylic acids is 2. The van der Waals surface area contributed by atoms with Gasteiger partial charge in [-0.1, -0.05) is 58.0 Å². The summed E-state index contributed by atoms with van der Waals surface area (Å²) in [6.07, 6.45) is 0.746. The summed E-state index contributed by atoms with van der Waals surface area (Å²) in [5.74, 6) is -0.510. The number of sulfonamides is 1. The van der Waals surface area contributed by atoms with Gasteiger partial charge in [-0.05, 0) is 54.5 Å². The van der Waals surface area contributed by atoms with Gasteiger partial charge in [-0.3, -0.25) is 9.59 Å². The van der Waals surface area contributed by atoms with E-state index in [1.807, 2.05) is 52.0 Å². The maximum Gasteiger partial charge on any atom is 0.241 e. The fourth-order valence-electron chi connectivity index (χ4n) is 3.59. The third-order valence-electron chi connectivity index (χ3n) is 5.21. The first-order valence-electron chi connectivity index (χ1n) is 11.5. The van der Waals surface area contributed by atoms with Crippen LogP contribution in [0.4, 0.5) is 0 Å². The van der Waals surface area contributed by atoms with E-state index in [-0.39, 0.29) is 29.1 Å². The van der Waals surface area contributed by atoms with Gasteiger partial charge in [-0.2, -0.15) is 4.72 Å². The summed E-state index contributed by atoms with van der Waals surface area (Å²) < 4.78 is 34.1. The molecule has 8 heteroatoms. The molecule has 0 saturated carbocycles. The van der Waals surface area contributed by atoms with Crippen molar-refractivity contribution in [1.82, 2.24) is 10.0 Å². The van der Waals surface area contributed by atoms with Gasteiger partial charge >= 0.3 is 0 Å². The quantitative estimate of drug-likeness (QED) is 0.459. The first kappa shape index (κ1) is 27.0.